The molecule has 0 aromatic heterocycles. The number of ether oxygens (including phenoxy) is 2. The molecule has 1 unspecified atom stereocenters. The first-order valence-electron chi connectivity index (χ1n) is 3.17. The molecule has 2 N–H and O–H groups in total. The number of aliphatic hydroxyl groups is 2. The van der Waals surface area contributed by atoms with Crippen molar-refractivity contribution in [3.63, 3.8) is 0 Å². The van der Waals surface area contributed by atoms with Gasteiger partial charge in [0.15, 0.2) is 0 Å². The van der Waals surface area contributed by atoms with Gasteiger partial charge in [0, 0.05) is 7.11 Å². The normalized spacial score (nSPS) is 13.5. The van der Waals surface area contributed by atoms with Crippen LogP contribution in [-0.4, -0.2) is 49.9 Å². The minimum absolute atomic E-state index is 0.00185. The van der Waals surface area contributed by atoms with E-state index in [1.54, 1.807) is 0 Å². The third kappa shape index (κ3) is 4.69. The second kappa shape index (κ2) is 6.95. The maximum atomic E-state index is 8.56. The number of hydrogen-bond acceptors (Lipinski definition) is 4. The van der Waals surface area contributed by atoms with E-state index in [2.05, 4.69) is 0 Å². The van der Waals surface area contributed by atoms with Crippen LogP contribution in [0.15, 0.2) is 0 Å². The lowest BCUT2D eigenvalue weighted by atomic mass is 10.4. The van der Waals surface area contributed by atoms with Gasteiger partial charge in [-0.2, -0.15) is 0 Å². The van der Waals surface area contributed by atoms with E-state index in [1.165, 1.54) is 7.11 Å². The summed E-state index contributed by atoms with van der Waals surface area (Å²) in [6.45, 7) is 0.567. The van der Waals surface area contributed by atoms with Gasteiger partial charge in [-0.05, 0) is 0 Å². The van der Waals surface area contributed by atoms with Crippen LogP contribution in [0.25, 0.3) is 0 Å². The molecule has 0 heterocycles. The van der Waals surface area contributed by atoms with Crippen molar-refractivity contribution in [3.05, 3.63) is 0 Å². The highest BCUT2D eigenvalue weighted by molar-refractivity contribution is 4.51. The summed E-state index contributed by atoms with van der Waals surface area (Å²) < 4.78 is 9.68. The van der Waals surface area contributed by atoms with Gasteiger partial charge >= 0.3 is 0 Å². The summed E-state index contributed by atoms with van der Waals surface area (Å²) in [4.78, 5) is 0. The Bertz CT molecular complexity index is 62.8. The Morgan fingerprint density at radius 1 is 1.40 bits per heavy atom. The zero-order chi connectivity index (χ0) is 7.82. The molecule has 0 aromatic rings. The van der Waals surface area contributed by atoms with Crippen LogP contribution in [-0.2, 0) is 9.47 Å². The lowest BCUT2D eigenvalue weighted by Gasteiger charge is -2.11. The van der Waals surface area contributed by atoms with E-state index in [-0.39, 0.29) is 19.3 Å². The third-order valence-corrected chi connectivity index (χ3v) is 1.08. The molecule has 1 atom stereocenters. The molecule has 0 radical (unpaired) electrons. The average Bonchev–Trinajstić information content (AvgIpc) is 1.99. The number of aliphatic hydroxyl groups excluding tert-OH is 2. The van der Waals surface area contributed by atoms with E-state index in [0.717, 1.165) is 0 Å². The topological polar surface area (TPSA) is 58.9 Å². The van der Waals surface area contributed by atoms with Gasteiger partial charge in [0.2, 0.25) is 0 Å². The largest absolute Gasteiger partial charge is 0.394 e. The summed E-state index contributed by atoms with van der Waals surface area (Å²) in [5, 5.41) is 16.9. The fourth-order valence-corrected chi connectivity index (χ4v) is 0.475. The first-order valence-corrected chi connectivity index (χ1v) is 3.17. The van der Waals surface area contributed by atoms with E-state index >= 15 is 0 Å². The molecule has 0 amide bonds. The zero-order valence-corrected chi connectivity index (χ0v) is 6.12. The van der Waals surface area contributed by atoms with E-state index in [4.69, 9.17) is 19.7 Å². The molecule has 0 spiro atoms. The Kier molecular flexibility index (Phi) is 6.84. The molecular weight excluding hydrogens is 136 g/mol. The van der Waals surface area contributed by atoms with Crippen molar-refractivity contribution in [2.75, 3.05) is 33.5 Å². The van der Waals surface area contributed by atoms with Crippen LogP contribution in [0.5, 0.6) is 0 Å². The van der Waals surface area contributed by atoms with Crippen molar-refractivity contribution in [3.8, 4) is 0 Å². The van der Waals surface area contributed by atoms with Crippen LogP contribution in [0.4, 0.5) is 0 Å². The summed E-state index contributed by atoms with van der Waals surface area (Å²) in [5.41, 5.74) is 0. The lowest BCUT2D eigenvalue weighted by Crippen LogP contribution is -2.23. The van der Waals surface area contributed by atoms with Crippen LogP contribution >= 0.6 is 0 Å². The van der Waals surface area contributed by atoms with Crippen molar-refractivity contribution >= 4 is 0 Å². The second-order valence-electron chi connectivity index (χ2n) is 1.84. The Balaban J connectivity index is 3.09. The van der Waals surface area contributed by atoms with Crippen molar-refractivity contribution in [2.45, 2.75) is 6.10 Å². The summed E-state index contributed by atoms with van der Waals surface area (Å²) in [6.07, 6.45) is -0.272. The van der Waals surface area contributed by atoms with Crippen molar-refractivity contribution < 1.29 is 19.7 Å². The molecular formula is C6H14O4. The summed E-state index contributed by atoms with van der Waals surface area (Å²) in [5.74, 6) is 0. The van der Waals surface area contributed by atoms with Crippen molar-refractivity contribution in [2.24, 2.45) is 0 Å². The Hall–Kier alpha value is -0.160. The fraction of sp³-hybridized carbons (Fsp3) is 1.00. The predicted octanol–water partition coefficient (Wildman–Crippen LogP) is -0.997. The third-order valence-electron chi connectivity index (χ3n) is 1.08. The molecule has 4 nitrogen and oxygen atoms in total. The smallest absolute Gasteiger partial charge is 0.103 e. The minimum Gasteiger partial charge on any atom is -0.394 e. The number of methoxy groups -OCH3 is 1. The predicted molar refractivity (Wildman–Crippen MR) is 35.8 cm³/mol. The van der Waals surface area contributed by atoms with Gasteiger partial charge in [-0.3, -0.25) is 0 Å². The summed E-state index contributed by atoms with van der Waals surface area (Å²) >= 11 is 0. The maximum Gasteiger partial charge on any atom is 0.103 e. The van der Waals surface area contributed by atoms with Gasteiger partial charge in [0.25, 0.3) is 0 Å². The molecule has 62 valence electrons. The highest BCUT2D eigenvalue weighted by atomic mass is 16.5. The van der Waals surface area contributed by atoms with Crippen molar-refractivity contribution in [1.29, 1.82) is 0 Å². The number of rotatable bonds is 6. The van der Waals surface area contributed by atoms with E-state index < -0.39 is 0 Å². The molecule has 0 saturated heterocycles. The van der Waals surface area contributed by atoms with Gasteiger partial charge in [-0.25, -0.2) is 0 Å². The Morgan fingerprint density at radius 2 is 2.10 bits per heavy atom. The first-order chi connectivity index (χ1) is 4.85. The van der Waals surface area contributed by atoms with E-state index in [9.17, 15) is 0 Å². The molecule has 10 heavy (non-hydrogen) atoms. The second-order valence-corrected chi connectivity index (χ2v) is 1.84. The lowest BCUT2D eigenvalue weighted by molar-refractivity contribution is -0.0266. The van der Waals surface area contributed by atoms with Crippen LogP contribution < -0.4 is 0 Å². The van der Waals surface area contributed by atoms with E-state index in [1.807, 2.05) is 0 Å². The Morgan fingerprint density at radius 3 is 2.50 bits per heavy atom. The van der Waals surface area contributed by atoms with Gasteiger partial charge in [0.05, 0.1) is 26.4 Å². The summed E-state index contributed by atoms with van der Waals surface area (Å²) in [7, 11) is 1.50. The van der Waals surface area contributed by atoms with Crippen LogP contribution in [0.3, 0.4) is 0 Å². The van der Waals surface area contributed by atoms with Crippen molar-refractivity contribution in [1.82, 2.24) is 0 Å². The van der Waals surface area contributed by atoms with E-state index in [0.29, 0.717) is 13.2 Å². The molecule has 0 aromatic carbocycles. The summed E-state index contributed by atoms with van der Waals surface area (Å²) in [6, 6.07) is 0. The van der Waals surface area contributed by atoms with Gasteiger partial charge in [0.1, 0.15) is 6.10 Å². The maximum absolute atomic E-state index is 8.56. The minimum atomic E-state index is -0.272. The molecule has 0 aliphatic carbocycles. The highest BCUT2D eigenvalue weighted by Crippen LogP contribution is 1.88. The Labute approximate surface area is 60.4 Å². The standard InChI is InChI=1S/C6H14O4/c1-9-6(4-8)5-10-3-2-7/h6-8H,2-5H2,1H3. The average molecular weight is 150 g/mol. The number of hydrogen-bond donors (Lipinski definition) is 2. The van der Waals surface area contributed by atoms with Crippen LogP contribution in [0.2, 0.25) is 0 Å². The molecule has 0 bridgehead atoms. The molecule has 0 rings (SSSR count). The first kappa shape index (κ1) is 9.84. The molecule has 0 saturated carbocycles. The highest BCUT2D eigenvalue weighted by Gasteiger charge is 2.03. The fourth-order valence-electron chi connectivity index (χ4n) is 0.475. The molecule has 0 aliphatic rings. The van der Waals surface area contributed by atoms with Crippen LogP contribution in [0, 0.1) is 0 Å². The SMILES string of the molecule is COC(CO)COCCO. The zero-order valence-electron chi connectivity index (χ0n) is 6.12. The molecule has 4 heteroatoms. The molecule has 0 fully saturated rings. The monoisotopic (exact) mass is 150 g/mol. The van der Waals surface area contributed by atoms with Gasteiger partial charge in [-0.15, -0.1) is 0 Å². The van der Waals surface area contributed by atoms with Crippen LogP contribution in [0.1, 0.15) is 0 Å². The van der Waals surface area contributed by atoms with Gasteiger partial charge < -0.3 is 19.7 Å². The molecule has 0 aliphatic heterocycles. The quantitative estimate of drug-likeness (QED) is 0.477. The van der Waals surface area contributed by atoms with Gasteiger partial charge in [-0.1, -0.05) is 0 Å².